The lowest BCUT2D eigenvalue weighted by Crippen LogP contribution is -1.96. The maximum absolute atomic E-state index is 12.2. The molecule has 0 fully saturated rings. The Morgan fingerprint density at radius 3 is 2.92 bits per heavy atom. The zero-order valence-corrected chi connectivity index (χ0v) is 7.35. The van der Waals surface area contributed by atoms with E-state index in [1.807, 2.05) is 18.2 Å². The minimum absolute atomic E-state index is 0.204. The van der Waals surface area contributed by atoms with Gasteiger partial charge in [-0.15, -0.1) is 0 Å². The summed E-state index contributed by atoms with van der Waals surface area (Å²) in [7, 11) is 0. The molecule has 1 aromatic rings. The number of carbonyl (C=O) groups is 1. The molecule has 0 saturated heterocycles. The largest absolute Gasteiger partial charge is 0.294 e. The van der Waals surface area contributed by atoms with E-state index in [0.717, 1.165) is 23.1 Å². The Morgan fingerprint density at radius 2 is 2.15 bits per heavy atom. The van der Waals surface area contributed by atoms with Crippen molar-refractivity contribution < 1.29 is 9.18 Å². The minimum atomic E-state index is -0.343. The average molecular weight is 178 g/mol. The van der Waals surface area contributed by atoms with Crippen molar-refractivity contribution in [3.63, 3.8) is 0 Å². The fraction of sp³-hybridized carbons (Fsp3) is 0.364. The number of hydrogen-bond acceptors (Lipinski definition) is 1. The number of benzene rings is 1. The van der Waals surface area contributed by atoms with Crippen LogP contribution in [0.1, 0.15) is 27.9 Å². The highest BCUT2D eigenvalue weighted by Gasteiger charge is 2.20. The Bertz CT molecular complexity index is 344. The van der Waals surface area contributed by atoms with Gasteiger partial charge in [-0.3, -0.25) is 9.18 Å². The van der Waals surface area contributed by atoms with Gasteiger partial charge in [0.2, 0.25) is 0 Å². The Morgan fingerprint density at radius 1 is 1.31 bits per heavy atom. The van der Waals surface area contributed by atoms with Gasteiger partial charge in [0.05, 0.1) is 6.67 Å². The van der Waals surface area contributed by atoms with Gasteiger partial charge in [0.25, 0.3) is 0 Å². The number of fused-ring (bicyclic) bond motifs is 1. The highest BCUT2D eigenvalue weighted by Crippen LogP contribution is 2.25. The molecule has 1 aliphatic carbocycles. The van der Waals surface area contributed by atoms with Crippen molar-refractivity contribution in [1.29, 1.82) is 0 Å². The molecule has 1 nitrogen and oxygen atoms in total. The molecule has 13 heavy (non-hydrogen) atoms. The molecule has 0 unspecified atom stereocenters. The second kappa shape index (κ2) is 3.29. The lowest BCUT2D eigenvalue weighted by molar-refractivity contribution is 0.0994. The predicted octanol–water partition coefficient (Wildman–Crippen LogP) is 2.33. The second-order valence-corrected chi connectivity index (χ2v) is 3.31. The van der Waals surface area contributed by atoms with E-state index in [0.29, 0.717) is 12.8 Å². The van der Waals surface area contributed by atoms with Gasteiger partial charge < -0.3 is 0 Å². The summed E-state index contributed by atoms with van der Waals surface area (Å²) in [5.41, 5.74) is 2.89. The predicted molar refractivity (Wildman–Crippen MR) is 48.8 cm³/mol. The SMILES string of the molecule is O=C1CCc2c(CCF)cccc21. The third-order valence-electron chi connectivity index (χ3n) is 2.54. The smallest absolute Gasteiger partial charge is 0.163 e. The summed E-state index contributed by atoms with van der Waals surface area (Å²) in [6, 6.07) is 5.59. The summed E-state index contributed by atoms with van der Waals surface area (Å²) in [6.45, 7) is -0.343. The van der Waals surface area contributed by atoms with Gasteiger partial charge in [0.15, 0.2) is 5.78 Å². The molecule has 0 bridgehead atoms. The van der Waals surface area contributed by atoms with Crippen LogP contribution in [0.5, 0.6) is 0 Å². The van der Waals surface area contributed by atoms with Gasteiger partial charge in [-0.1, -0.05) is 18.2 Å². The number of aryl methyl sites for hydroxylation is 1. The van der Waals surface area contributed by atoms with E-state index in [9.17, 15) is 9.18 Å². The second-order valence-electron chi connectivity index (χ2n) is 3.31. The first-order valence-electron chi connectivity index (χ1n) is 4.53. The van der Waals surface area contributed by atoms with E-state index in [4.69, 9.17) is 0 Å². The Labute approximate surface area is 76.6 Å². The molecule has 2 rings (SSSR count). The first kappa shape index (κ1) is 8.42. The van der Waals surface area contributed by atoms with Gasteiger partial charge in [-0.2, -0.15) is 0 Å². The summed E-state index contributed by atoms with van der Waals surface area (Å²) in [5, 5.41) is 0. The molecule has 1 aliphatic rings. The van der Waals surface area contributed by atoms with Crippen molar-refractivity contribution in [1.82, 2.24) is 0 Å². The first-order chi connectivity index (χ1) is 6.33. The van der Waals surface area contributed by atoms with Crippen LogP contribution in [-0.2, 0) is 12.8 Å². The molecule has 0 heterocycles. The van der Waals surface area contributed by atoms with Crippen molar-refractivity contribution in [2.75, 3.05) is 6.67 Å². The van der Waals surface area contributed by atoms with Crippen LogP contribution in [0.4, 0.5) is 4.39 Å². The third-order valence-corrected chi connectivity index (χ3v) is 2.54. The van der Waals surface area contributed by atoms with Crippen molar-refractivity contribution in [3.8, 4) is 0 Å². The molecular formula is C11H11FO. The summed E-state index contributed by atoms with van der Waals surface area (Å²) in [6.07, 6.45) is 1.83. The molecule has 0 aliphatic heterocycles. The molecule has 0 N–H and O–H groups in total. The molecular weight excluding hydrogens is 167 g/mol. The molecule has 0 saturated carbocycles. The summed E-state index contributed by atoms with van der Waals surface area (Å²) in [5.74, 6) is 0.204. The molecule has 0 amide bonds. The number of Topliss-reactive ketones (excluding diaryl/α,β-unsaturated/α-hetero) is 1. The minimum Gasteiger partial charge on any atom is -0.294 e. The van der Waals surface area contributed by atoms with Crippen molar-refractivity contribution >= 4 is 5.78 Å². The fourth-order valence-electron chi connectivity index (χ4n) is 1.90. The van der Waals surface area contributed by atoms with Gasteiger partial charge in [-0.25, -0.2) is 0 Å². The number of alkyl halides is 1. The highest BCUT2D eigenvalue weighted by atomic mass is 19.1. The van der Waals surface area contributed by atoms with E-state index >= 15 is 0 Å². The van der Waals surface area contributed by atoms with Crippen molar-refractivity contribution in [2.45, 2.75) is 19.3 Å². The zero-order valence-electron chi connectivity index (χ0n) is 7.35. The first-order valence-corrected chi connectivity index (χ1v) is 4.53. The summed E-state index contributed by atoms with van der Waals surface area (Å²) >= 11 is 0. The normalized spacial score (nSPS) is 14.7. The molecule has 0 atom stereocenters. The lowest BCUT2D eigenvalue weighted by Gasteiger charge is -2.04. The van der Waals surface area contributed by atoms with Crippen LogP contribution in [-0.4, -0.2) is 12.5 Å². The number of hydrogen-bond donors (Lipinski definition) is 0. The fourth-order valence-corrected chi connectivity index (χ4v) is 1.90. The quantitative estimate of drug-likeness (QED) is 0.679. The van der Waals surface area contributed by atoms with E-state index in [1.165, 1.54) is 0 Å². The van der Waals surface area contributed by atoms with Gasteiger partial charge in [0, 0.05) is 18.4 Å². The third kappa shape index (κ3) is 1.37. The van der Waals surface area contributed by atoms with E-state index in [1.54, 1.807) is 0 Å². The number of rotatable bonds is 2. The van der Waals surface area contributed by atoms with Crippen LogP contribution in [0.2, 0.25) is 0 Å². The van der Waals surface area contributed by atoms with Gasteiger partial charge >= 0.3 is 0 Å². The van der Waals surface area contributed by atoms with Crippen molar-refractivity contribution in [3.05, 3.63) is 34.9 Å². The maximum Gasteiger partial charge on any atom is 0.163 e. The standard InChI is InChI=1S/C11H11FO/c12-7-6-8-2-1-3-10-9(8)4-5-11(10)13/h1-3H,4-7H2. The molecule has 1 aromatic carbocycles. The van der Waals surface area contributed by atoms with Gasteiger partial charge in [0.1, 0.15) is 0 Å². The molecule has 0 spiro atoms. The molecule has 68 valence electrons. The lowest BCUT2D eigenvalue weighted by atomic mass is 10.0. The zero-order chi connectivity index (χ0) is 9.26. The van der Waals surface area contributed by atoms with E-state index < -0.39 is 0 Å². The van der Waals surface area contributed by atoms with E-state index in [2.05, 4.69) is 0 Å². The molecule has 0 aromatic heterocycles. The van der Waals surface area contributed by atoms with Crippen LogP contribution in [0.3, 0.4) is 0 Å². The number of halogens is 1. The van der Waals surface area contributed by atoms with Crippen LogP contribution in [0.25, 0.3) is 0 Å². The van der Waals surface area contributed by atoms with E-state index in [-0.39, 0.29) is 12.5 Å². The highest BCUT2D eigenvalue weighted by molar-refractivity contribution is 6.00. The Hall–Kier alpha value is -1.18. The van der Waals surface area contributed by atoms with Crippen LogP contribution in [0.15, 0.2) is 18.2 Å². The molecule has 0 radical (unpaired) electrons. The summed E-state index contributed by atoms with van der Waals surface area (Å²) in [4.78, 5) is 11.3. The van der Waals surface area contributed by atoms with Crippen molar-refractivity contribution in [2.24, 2.45) is 0 Å². The number of carbonyl (C=O) groups excluding carboxylic acids is 1. The molecule has 2 heteroatoms. The summed E-state index contributed by atoms with van der Waals surface area (Å²) < 4.78 is 12.2. The Balaban J connectivity index is 2.44. The number of ketones is 1. The monoisotopic (exact) mass is 178 g/mol. The van der Waals surface area contributed by atoms with Crippen LogP contribution >= 0.6 is 0 Å². The van der Waals surface area contributed by atoms with Gasteiger partial charge in [-0.05, 0) is 17.5 Å². The van der Waals surface area contributed by atoms with Crippen LogP contribution < -0.4 is 0 Å². The topological polar surface area (TPSA) is 17.1 Å². The average Bonchev–Trinajstić information content (AvgIpc) is 2.50. The maximum atomic E-state index is 12.2. The van der Waals surface area contributed by atoms with Crippen LogP contribution in [0, 0.1) is 0 Å². The Kier molecular flexibility index (Phi) is 2.13.